The van der Waals surface area contributed by atoms with E-state index in [1.54, 1.807) is 11.3 Å². The van der Waals surface area contributed by atoms with Crippen molar-refractivity contribution in [3.05, 3.63) is 27.6 Å². The van der Waals surface area contributed by atoms with Gasteiger partial charge < -0.3 is 4.43 Å². The normalized spacial score (nSPS) is 13.7. The molecule has 0 bridgehead atoms. The van der Waals surface area contributed by atoms with E-state index in [2.05, 4.69) is 53.0 Å². The van der Waals surface area contributed by atoms with Gasteiger partial charge in [-0.1, -0.05) is 41.5 Å². The molecule has 0 aliphatic carbocycles. The van der Waals surface area contributed by atoms with Crippen molar-refractivity contribution in [2.24, 2.45) is 0 Å². The minimum atomic E-state index is -1.92. The first-order valence-electron chi connectivity index (χ1n) is 6.89. The highest BCUT2D eigenvalue weighted by Crippen LogP contribution is 2.44. The van der Waals surface area contributed by atoms with Gasteiger partial charge in [0.1, 0.15) is 0 Å². The molecular formula is C15H25ClOSSi. The minimum absolute atomic E-state index is 0.539. The standard InChI is InChI=1S/C15H25ClOSSi/c1-11(2)19(12(3)4,13(5)6)17-15(16)9-14-7-8-18-10-14/h7-13H,1-6H3. The van der Waals surface area contributed by atoms with Gasteiger partial charge >= 0.3 is 0 Å². The van der Waals surface area contributed by atoms with Crippen LogP contribution >= 0.6 is 22.9 Å². The Hall–Kier alpha value is -0.253. The first-order valence-corrected chi connectivity index (χ1v) is 10.3. The summed E-state index contributed by atoms with van der Waals surface area (Å²) in [7, 11) is -1.92. The third-order valence-electron chi connectivity index (χ3n) is 3.80. The van der Waals surface area contributed by atoms with Gasteiger partial charge in [-0.05, 0) is 56.7 Å². The van der Waals surface area contributed by atoms with E-state index in [0.29, 0.717) is 21.8 Å². The quantitative estimate of drug-likeness (QED) is 0.431. The predicted molar refractivity (Wildman–Crippen MR) is 90.3 cm³/mol. The molecule has 1 heterocycles. The summed E-state index contributed by atoms with van der Waals surface area (Å²) in [5.74, 6) is 0. The van der Waals surface area contributed by atoms with Gasteiger partial charge in [0.2, 0.25) is 0 Å². The fraction of sp³-hybridized carbons (Fsp3) is 0.600. The molecule has 1 rings (SSSR count). The fourth-order valence-corrected chi connectivity index (χ4v) is 9.29. The van der Waals surface area contributed by atoms with E-state index in [1.807, 2.05) is 11.5 Å². The second-order valence-electron chi connectivity index (χ2n) is 5.92. The van der Waals surface area contributed by atoms with E-state index in [0.717, 1.165) is 5.56 Å². The molecule has 108 valence electrons. The smallest absolute Gasteiger partial charge is 0.259 e. The monoisotopic (exact) mass is 316 g/mol. The molecule has 0 aliphatic heterocycles. The first kappa shape index (κ1) is 16.8. The maximum Gasteiger partial charge on any atom is 0.259 e. The third-order valence-corrected chi connectivity index (χ3v) is 10.8. The lowest BCUT2D eigenvalue weighted by Crippen LogP contribution is -2.47. The number of rotatable bonds is 6. The molecule has 0 radical (unpaired) electrons. The lowest BCUT2D eigenvalue weighted by molar-refractivity contribution is 0.404. The van der Waals surface area contributed by atoms with Crippen LogP contribution in [0.3, 0.4) is 0 Å². The molecule has 1 nitrogen and oxygen atoms in total. The van der Waals surface area contributed by atoms with Crippen LogP contribution < -0.4 is 0 Å². The molecule has 0 fully saturated rings. The van der Waals surface area contributed by atoms with Crippen molar-refractivity contribution in [3.8, 4) is 0 Å². The van der Waals surface area contributed by atoms with Crippen LogP contribution in [0.1, 0.15) is 47.1 Å². The Balaban J connectivity index is 3.01. The molecule has 0 saturated heterocycles. The van der Waals surface area contributed by atoms with Crippen molar-refractivity contribution >= 4 is 37.3 Å². The van der Waals surface area contributed by atoms with Gasteiger partial charge in [0.25, 0.3) is 8.32 Å². The van der Waals surface area contributed by atoms with Crippen LogP contribution in [-0.4, -0.2) is 8.32 Å². The average molecular weight is 317 g/mol. The first-order chi connectivity index (χ1) is 8.80. The maximum absolute atomic E-state index is 6.37. The van der Waals surface area contributed by atoms with Crippen molar-refractivity contribution in [1.29, 1.82) is 0 Å². The van der Waals surface area contributed by atoms with Crippen LogP contribution in [-0.2, 0) is 4.43 Å². The highest BCUT2D eigenvalue weighted by atomic mass is 35.5. The van der Waals surface area contributed by atoms with Crippen molar-refractivity contribution < 1.29 is 4.43 Å². The van der Waals surface area contributed by atoms with Gasteiger partial charge in [-0.2, -0.15) is 11.3 Å². The van der Waals surface area contributed by atoms with E-state index in [9.17, 15) is 0 Å². The average Bonchev–Trinajstić information content (AvgIpc) is 2.76. The van der Waals surface area contributed by atoms with Crippen LogP contribution in [0.4, 0.5) is 0 Å². The molecule has 19 heavy (non-hydrogen) atoms. The van der Waals surface area contributed by atoms with E-state index < -0.39 is 8.32 Å². The van der Waals surface area contributed by atoms with Gasteiger partial charge in [0.05, 0.1) is 0 Å². The van der Waals surface area contributed by atoms with Crippen LogP contribution in [0.15, 0.2) is 22.0 Å². The van der Waals surface area contributed by atoms with Crippen LogP contribution in [0.25, 0.3) is 6.08 Å². The SMILES string of the molecule is CC(C)[Si](OC(Cl)=Cc1ccsc1)(C(C)C)C(C)C. The Kier molecular flexibility index (Phi) is 6.15. The zero-order valence-electron chi connectivity index (χ0n) is 12.7. The number of halogens is 1. The summed E-state index contributed by atoms with van der Waals surface area (Å²) in [5, 5.41) is 4.67. The van der Waals surface area contributed by atoms with Crippen LogP contribution in [0, 0.1) is 0 Å². The summed E-state index contributed by atoms with van der Waals surface area (Å²) >= 11 is 8.04. The van der Waals surface area contributed by atoms with Crippen molar-refractivity contribution in [2.75, 3.05) is 0 Å². The topological polar surface area (TPSA) is 9.23 Å². The van der Waals surface area contributed by atoms with E-state index >= 15 is 0 Å². The molecule has 0 N–H and O–H groups in total. The Morgan fingerprint density at radius 1 is 1.16 bits per heavy atom. The van der Waals surface area contributed by atoms with Crippen molar-refractivity contribution in [1.82, 2.24) is 0 Å². The Morgan fingerprint density at radius 3 is 2.05 bits per heavy atom. The molecule has 0 atom stereocenters. The van der Waals surface area contributed by atoms with Gasteiger partial charge in [0.15, 0.2) is 5.22 Å². The van der Waals surface area contributed by atoms with Crippen LogP contribution in [0.2, 0.25) is 16.6 Å². The van der Waals surface area contributed by atoms with Gasteiger partial charge in [-0.3, -0.25) is 0 Å². The fourth-order valence-electron chi connectivity index (χ4n) is 3.04. The minimum Gasteiger partial charge on any atom is -0.535 e. The molecule has 0 unspecified atom stereocenters. The van der Waals surface area contributed by atoms with Crippen molar-refractivity contribution in [2.45, 2.75) is 58.2 Å². The van der Waals surface area contributed by atoms with Crippen LogP contribution in [0.5, 0.6) is 0 Å². The zero-order chi connectivity index (χ0) is 14.6. The summed E-state index contributed by atoms with van der Waals surface area (Å²) < 4.78 is 6.37. The highest BCUT2D eigenvalue weighted by molar-refractivity contribution is 7.08. The summed E-state index contributed by atoms with van der Waals surface area (Å²) in [6.45, 7) is 13.6. The molecule has 1 aromatic rings. The summed E-state index contributed by atoms with van der Waals surface area (Å²) in [4.78, 5) is 0. The summed E-state index contributed by atoms with van der Waals surface area (Å²) in [5.41, 5.74) is 2.74. The molecule has 0 aliphatic rings. The number of thiophene rings is 1. The highest BCUT2D eigenvalue weighted by Gasteiger charge is 2.47. The Bertz CT molecular complexity index is 388. The van der Waals surface area contributed by atoms with E-state index in [1.165, 1.54) is 0 Å². The van der Waals surface area contributed by atoms with Gasteiger partial charge in [-0.25, -0.2) is 0 Å². The molecule has 1 aromatic heterocycles. The maximum atomic E-state index is 6.37. The molecule has 0 spiro atoms. The second-order valence-corrected chi connectivity index (χ2v) is 12.5. The summed E-state index contributed by atoms with van der Waals surface area (Å²) in [6.07, 6.45) is 1.94. The Labute approximate surface area is 127 Å². The Morgan fingerprint density at radius 2 is 1.68 bits per heavy atom. The lowest BCUT2D eigenvalue weighted by Gasteiger charge is -2.41. The van der Waals surface area contributed by atoms with Gasteiger partial charge in [0, 0.05) is 0 Å². The lowest BCUT2D eigenvalue weighted by atomic mass is 10.3. The predicted octanol–water partition coefficient (Wildman–Crippen LogP) is 6.48. The number of hydrogen-bond acceptors (Lipinski definition) is 2. The molecule has 0 amide bonds. The second kappa shape index (κ2) is 6.96. The van der Waals surface area contributed by atoms with E-state index in [4.69, 9.17) is 16.0 Å². The summed E-state index contributed by atoms with van der Waals surface area (Å²) in [6, 6.07) is 2.06. The molecule has 4 heteroatoms. The van der Waals surface area contributed by atoms with Crippen molar-refractivity contribution in [3.63, 3.8) is 0 Å². The largest absolute Gasteiger partial charge is 0.535 e. The molecular weight excluding hydrogens is 292 g/mol. The van der Waals surface area contributed by atoms with Gasteiger partial charge in [-0.15, -0.1) is 0 Å². The van der Waals surface area contributed by atoms with E-state index in [-0.39, 0.29) is 0 Å². The third kappa shape index (κ3) is 3.86. The zero-order valence-corrected chi connectivity index (χ0v) is 15.3. The number of hydrogen-bond donors (Lipinski definition) is 0. The molecule has 0 saturated carbocycles. The molecule has 0 aromatic carbocycles.